The zero-order valence-corrected chi connectivity index (χ0v) is 14.6. The zero-order chi connectivity index (χ0) is 18.8. The van der Waals surface area contributed by atoms with Gasteiger partial charge in [-0.1, -0.05) is 6.07 Å². The topological polar surface area (TPSA) is 110 Å². The van der Waals surface area contributed by atoms with Crippen molar-refractivity contribution in [1.82, 2.24) is 15.2 Å². The summed E-state index contributed by atoms with van der Waals surface area (Å²) in [5.74, 6) is 0.803. The molecule has 0 saturated carbocycles. The molecule has 3 heterocycles. The van der Waals surface area contributed by atoms with Crippen LogP contribution in [0.25, 0.3) is 11.3 Å². The summed E-state index contributed by atoms with van der Waals surface area (Å²) in [6, 6.07) is 13.6. The lowest BCUT2D eigenvalue weighted by Crippen LogP contribution is -2.21. The normalized spacial score (nSPS) is 15.6. The van der Waals surface area contributed by atoms with Gasteiger partial charge in [-0.05, 0) is 42.8 Å². The number of aromatic nitrogens is 3. The van der Waals surface area contributed by atoms with Gasteiger partial charge in [0.2, 0.25) is 11.8 Å². The van der Waals surface area contributed by atoms with Crippen molar-refractivity contribution in [2.45, 2.75) is 12.8 Å². The first-order valence-corrected chi connectivity index (χ1v) is 8.52. The van der Waals surface area contributed by atoms with Crippen molar-refractivity contribution >= 4 is 0 Å². The lowest BCUT2D eigenvalue weighted by molar-refractivity contribution is 0.340. The minimum Gasteiger partial charge on any atom is -0.494 e. The Morgan fingerprint density at radius 1 is 1.30 bits per heavy atom. The van der Waals surface area contributed by atoms with Crippen LogP contribution in [0.5, 0.6) is 11.6 Å². The van der Waals surface area contributed by atoms with E-state index in [0.29, 0.717) is 18.1 Å². The summed E-state index contributed by atoms with van der Waals surface area (Å²) in [5, 5.41) is 17.0. The molecule has 4 rings (SSSR count). The largest absolute Gasteiger partial charge is 0.494 e. The molecule has 0 saturated heterocycles. The summed E-state index contributed by atoms with van der Waals surface area (Å²) >= 11 is 0. The van der Waals surface area contributed by atoms with E-state index in [4.69, 9.17) is 15.2 Å². The Morgan fingerprint density at radius 2 is 2.11 bits per heavy atom. The van der Waals surface area contributed by atoms with Crippen molar-refractivity contribution < 1.29 is 9.47 Å². The van der Waals surface area contributed by atoms with Crippen LogP contribution in [0.2, 0.25) is 0 Å². The van der Waals surface area contributed by atoms with E-state index < -0.39 is 5.92 Å². The third kappa shape index (κ3) is 2.87. The average Bonchev–Trinajstić information content (AvgIpc) is 3.11. The second kappa shape index (κ2) is 6.84. The fourth-order valence-electron chi connectivity index (χ4n) is 3.23. The number of benzene rings is 1. The molecule has 0 amide bonds. The molecule has 134 valence electrons. The number of hydrogen-bond acceptors (Lipinski definition) is 6. The molecule has 7 heteroatoms. The van der Waals surface area contributed by atoms with Gasteiger partial charge >= 0.3 is 0 Å². The Balaban J connectivity index is 1.86. The quantitative estimate of drug-likeness (QED) is 0.741. The first kappa shape index (κ1) is 16.7. The Morgan fingerprint density at radius 3 is 2.78 bits per heavy atom. The summed E-state index contributed by atoms with van der Waals surface area (Å²) in [6.07, 6.45) is 3.41. The number of rotatable bonds is 4. The molecule has 27 heavy (non-hydrogen) atoms. The summed E-state index contributed by atoms with van der Waals surface area (Å²) in [6.45, 7) is 2.54. The number of nitrogens with two attached hydrogens (primary N) is 1. The number of nitriles is 1. The van der Waals surface area contributed by atoms with Crippen molar-refractivity contribution in [3.05, 3.63) is 71.4 Å². The molecule has 0 spiro atoms. The molecule has 0 aliphatic carbocycles. The van der Waals surface area contributed by atoms with Crippen LogP contribution in [0.15, 0.2) is 60.2 Å². The molecule has 2 aromatic heterocycles. The van der Waals surface area contributed by atoms with Gasteiger partial charge in [0.15, 0.2) is 0 Å². The van der Waals surface area contributed by atoms with Crippen molar-refractivity contribution in [3.63, 3.8) is 0 Å². The number of pyridine rings is 1. The zero-order valence-electron chi connectivity index (χ0n) is 14.6. The summed E-state index contributed by atoms with van der Waals surface area (Å²) in [4.78, 5) is 4.18. The molecule has 1 aliphatic rings. The van der Waals surface area contributed by atoms with Crippen LogP contribution in [0.1, 0.15) is 24.0 Å². The molecule has 3 aromatic rings. The lowest BCUT2D eigenvalue weighted by Gasteiger charge is -2.23. The summed E-state index contributed by atoms with van der Waals surface area (Å²) in [7, 11) is 0. The fourth-order valence-corrected chi connectivity index (χ4v) is 3.23. The predicted octanol–water partition coefficient (Wildman–Crippen LogP) is 3.09. The molecule has 1 aliphatic heterocycles. The maximum Gasteiger partial charge on any atom is 0.244 e. The van der Waals surface area contributed by atoms with Crippen LogP contribution in [-0.4, -0.2) is 21.8 Å². The molecule has 1 atom stereocenters. The molecular formula is C20H17N5O2. The van der Waals surface area contributed by atoms with E-state index in [0.717, 1.165) is 28.1 Å². The monoisotopic (exact) mass is 359 g/mol. The Kier molecular flexibility index (Phi) is 4.22. The van der Waals surface area contributed by atoms with E-state index in [1.807, 2.05) is 43.3 Å². The molecule has 0 bridgehead atoms. The Hall–Kier alpha value is -3.79. The third-order valence-corrected chi connectivity index (χ3v) is 4.41. The maximum atomic E-state index is 9.68. The number of H-pyrrole nitrogens is 1. The van der Waals surface area contributed by atoms with Gasteiger partial charge in [0, 0.05) is 18.0 Å². The fraction of sp³-hybridized carbons (Fsp3) is 0.150. The molecule has 0 radical (unpaired) electrons. The van der Waals surface area contributed by atoms with Crippen molar-refractivity contribution in [2.24, 2.45) is 5.73 Å². The number of aromatic amines is 1. The first-order valence-electron chi connectivity index (χ1n) is 8.52. The standard InChI is InChI=1S/C20H17N5O2/c1-2-26-14-7-5-12(6-8-14)18-17-16(13-4-3-9-23-11-13)15(10-21)19(22)27-20(17)25-24-18/h3-9,11,16H,2,22H2,1H3,(H,24,25)/t16-/m0/s1. The van der Waals surface area contributed by atoms with Crippen LogP contribution < -0.4 is 15.2 Å². The molecule has 3 N–H and O–H groups in total. The predicted molar refractivity (Wildman–Crippen MR) is 98.7 cm³/mol. The minimum absolute atomic E-state index is 0.0589. The van der Waals surface area contributed by atoms with Crippen LogP contribution in [0.3, 0.4) is 0 Å². The third-order valence-electron chi connectivity index (χ3n) is 4.41. The number of nitrogens with one attached hydrogen (secondary N) is 1. The highest BCUT2D eigenvalue weighted by Gasteiger charge is 2.35. The van der Waals surface area contributed by atoms with Gasteiger partial charge in [-0.15, -0.1) is 5.10 Å². The van der Waals surface area contributed by atoms with E-state index in [9.17, 15) is 5.26 Å². The van der Waals surface area contributed by atoms with Crippen molar-refractivity contribution in [2.75, 3.05) is 6.61 Å². The van der Waals surface area contributed by atoms with Gasteiger partial charge in [0.25, 0.3) is 0 Å². The second-order valence-corrected chi connectivity index (χ2v) is 5.99. The SMILES string of the molecule is CCOc1ccc(-c2[nH]nc3c2[C@@H](c2cccnc2)C(C#N)=C(N)O3)cc1. The van der Waals surface area contributed by atoms with E-state index in [1.165, 1.54) is 0 Å². The number of ether oxygens (including phenoxy) is 2. The summed E-state index contributed by atoms with van der Waals surface area (Å²) < 4.78 is 11.1. The smallest absolute Gasteiger partial charge is 0.244 e. The van der Waals surface area contributed by atoms with Gasteiger partial charge in [-0.3, -0.25) is 10.1 Å². The number of fused-ring (bicyclic) bond motifs is 1. The van der Waals surface area contributed by atoms with E-state index in [-0.39, 0.29) is 5.88 Å². The minimum atomic E-state index is -0.409. The van der Waals surface area contributed by atoms with Crippen molar-refractivity contribution in [1.29, 1.82) is 5.26 Å². The van der Waals surface area contributed by atoms with E-state index >= 15 is 0 Å². The molecule has 7 nitrogen and oxygen atoms in total. The Labute approximate surface area is 156 Å². The van der Waals surface area contributed by atoms with E-state index in [1.54, 1.807) is 12.4 Å². The summed E-state index contributed by atoms with van der Waals surface area (Å²) in [5.41, 5.74) is 9.59. The number of hydrogen-bond donors (Lipinski definition) is 2. The van der Waals surface area contributed by atoms with Gasteiger partial charge in [-0.25, -0.2) is 0 Å². The van der Waals surface area contributed by atoms with Crippen LogP contribution >= 0.6 is 0 Å². The highest BCUT2D eigenvalue weighted by atomic mass is 16.5. The first-order chi connectivity index (χ1) is 13.2. The number of nitrogens with zero attached hydrogens (tertiary/aromatic N) is 3. The van der Waals surface area contributed by atoms with Gasteiger partial charge in [-0.2, -0.15) is 5.26 Å². The maximum absolute atomic E-state index is 9.68. The van der Waals surface area contributed by atoms with E-state index in [2.05, 4.69) is 21.3 Å². The molecule has 1 aromatic carbocycles. The molecule has 0 fully saturated rings. The highest BCUT2D eigenvalue weighted by Crippen LogP contribution is 2.45. The lowest BCUT2D eigenvalue weighted by atomic mass is 9.84. The van der Waals surface area contributed by atoms with Gasteiger partial charge in [0.1, 0.15) is 17.4 Å². The van der Waals surface area contributed by atoms with Gasteiger partial charge < -0.3 is 15.2 Å². The highest BCUT2D eigenvalue weighted by molar-refractivity contribution is 5.71. The molecular weight excluding hydrogens is 342 g/mol. The van der Waals surface area contributed by atoms with Crippen molar-refractivity contribution in [3.8, 4) is 29.0 Å². The average molecular weight is 359 g/mol. The van der Waals surface area contributed by atoms with Crippen LogP contribution in [0, 0.1) is 11.3 Å². The van der Waals surface area contributed by atoms with Gasteiger partial charge in [0.05, 0.1) is 23.8 Å². The number of allylic oxidation sites excluding steroid dienone is 1. The Bertz CT molecular complexity index is 1030. The van der Waals surface area contributed by atoms with Crippen LogP contribution in [0.4, 0.5) is 0 Å². The molecule has 0 unspecified atom stereocenters. The second-order valence-electron chi connectivity index (χ2n) is 5.99. The van der Waals surface area contributed by atoms with Crippen LogP contribution in [-0.2, 0) is 0 Å².